The molecular formula is C14H19F3O. The van der Waals surface area contributed by atoms with E-state index in [1.807, 2.05) is 12.1 Å². The minimum Gasteiger partial charge on any atom is -0.376 e. The van der Waals surface area contributed by atoms with Crippen LogP contribution in [0.1, 0.15) is 43.4 Å². The fourth-order valence-corrected chi connectivity index (χ4v) is 1.88. The van der Waals surface area contributed by atoms with Crippen molar-refractivity contribution in [1.29, 1.82) is 0 Å². The number of aryl methyl sites for hydroxylation is 1. The number of rotatable bonds is 6. The molecule has 0 N–H and O–H groups in total. The smallest absolute Gasteiger partial charge is 0.376 e. The van der Waals surface area contributed by atoms with Crippen LogP contribution in [-0.2, 0) is 11.2 Å². The van der Waals surface area contributed by atoms with Gasteiger partial charge in [0.05, 0.1) is 12.5 Å². The molecule has 0 aliphatic carbocycles. The molecule has 1 unspecified atom stereocenters. The van der Waals surface area contributed by atoms with Crippen molar-refractivity contribution in [2.45, 2.75) is 44.9 Å². The van der Waals surface area contributed by atoms with Gasteiger partial charge in [0.15, 0.2) is 0 Å². The zero-order chi connectivity index (χ0) is 13.6. The lowest BCUT2D eigenvalue weighted by Gasteiger charge is -2.18. The summed E-state index contributed by atoms with van der Waals surface area (Å²) in [5.41, 5.74) is 1.67. The largest absolute Gasteiger partial charge is 0.391 e. The first-order valence-corrected chi connectivity index (χ1v) is 6.14. The number of benzene rings is 1. The van der Waals surface area contributed by atoms with Crippen LogP contribution in [0.5, 0.6) is 0 Å². The standard InChI is InChI=1S/C14H19F3O/c1-3-4-6-11-7-5-8-12(9-11)13(18-2)10-14(15,16)17/h5,7-9,13H,3-4,6,10H2,1-2H3. The molecule has 0 fully saturated rings. The monoisotopic (exact) mass is 260 g/mol. The highest BCUT2D eigenvalue weighted by atomic mass is 19.4. The highest BCUT2D eigenvalue weighted by Crippen LogP contribution is 2.32. The molecule has 0 heterocycles. The highest BCUT2D eigenvalue weighted by Gasteiger charge is 2.32. The molecule has 102 valence electrons. The summed E-state index contributed by atoms with van der Waals surface area (Å²) in [6.07, 6.45) is -3.05. The number of hydrogen-bond acceptors (Lipinski definition) is 1. The second-order valence-electron chi connectivity index (χ2n) is 4.39. The molecule has 4 heteroatoms. The minimum absolute atomic E-state index is 0.600. The van der Waals surface area contributed by atoms with Gasteiger partial charge in [-0.25, -0.2) is 0 Å². The first kappa shape index (κ1) is 15.0. The summed E-state index contributed by atoms with van der Waals surface area (Å²) >= 11 is 0. The quantitative estimate of drug-likeness (QED) is 0.722. The van der Waals surface area contributed by atoms with Crippen LogP contribution in [0.15, 0.2) is 24.3 Å². The SMILES string of the molecule is CCCCc1cccc(C(CC(F)(F)F)OC)c1. The van der Waals surface area contributed by atoms with E-state index in [9.17, 15) is 13.2 Å². The molecule has 1 nitrogen and oxygen atoms in total. The highest BCUT2D eigenvalue weighted by molar-refractivity contribution is 5.25. The van der Waals surface area contributed by atoms with Gasteiger partial charge in [-0.15, -0.1) is 0 Å². The van der Waals surface area contributed by atoms with Gasteiger partial charge in [-0.3, -0.25) is 0 Å². The zero-order valence-corrected chi connectivity index (χ0v) is 10.8. The third-order valence-electron chi connectivity index (χ3n) is 2.84. The molecule has 0 aliphatic rings. The van der Waals surface area contributed by atoms with Gasteiger partial charge in [-0.05, 0) is 24.0 Å². The minimum atomic E-state index is -4.21. The molecule has 1 rings (SSSR count). The van der Waals surface area contributed by atoms with E-state index in [4.69, 9.17) is 4.74 Å². The molecule has 0 aliphatic heterocycles. The van der Waals surface area contributed by atoms with Crippen LogP contribution >= 0.6 is 0 Å². The molecule has 0 amide bonds. The number of ether oxygens (including phenoxy) is 1. The Morgan fingerprint density at radius 3 is 2.56 bits per heavy atom. The lowest BCUT2D eigenvalue weighted by atomic mass is 10.0. The van der Waals surface area contributed by atoms with E-state index in [1.54, 1.807) is 12.1 Å². The number of alkyl halides is 3. The molecule has 0 spiro atoms. The van der Waals surface area contributed by atoms with Gasteiger partial charge in [-0.2, -0.15) is 13.2 Å². The van der Waals surface area contributed by atoms with Crippen LogP contribution in [-0.4, -0.2) is 13.3 Å². The molecule has 0 bridgehead atoms. The van der Waals surface area contributed by atoms with Gasteiger partial charge in [-0.1, -0.05) is 37.6 Å². The molecular weight excluding hydrogens is 241 g/mol. The summed E-state index contributed by atoms with van der Waals surface area (Å²) in [4.78, 5) is 0. The third-order valence-corrected chi connectivity index (χ3v) is 2.84. The van der Waals surface area contributed by atoms with Crippen LogP contribution in [0.4, 0.5) is 13.2 Å². The van der Waals surface area contributed by atoms with Crippen LogP contribution in [0.3, 0.4) is 0 Å². The lowest BCUT2D eigenvalue weighted by Crippen LogP contribution is -2.15. The lowest BCUT2D eigenvalue weighted by molar-refractivity contribution is -0.158. The van der Waals surface area contributed by atoms with Gasteiger partial charge < -0.3 is 4.74 Å². The van der Waals surface area contributed by atoms with Crippen molar-refractivity contribution in [3.63, 3.8) is 0 Å². The predicted octanol–water partition coefficient (Wildman–Crippen LogP) is 4.67. The second-order valence-corrected chi connectivity index (χ2v) is 4.39. The molecule has 1 aromatic carbocycles. The van der Waals surface area contributed by atoms with Crippen LogP contribution in [0, 0.1) is 0 Å². The Labute approximate surface area is 106 Å². The number of unbranched alkanes of at least 4 members (excludes halogenated alkanes) is 1. The Morgan fingerprint density at radius 2 is 2.00 bits per heavy atom. The van der Waals surface area contributed by atoms with Gasteiger partial charge >= 0.3 is 6.18 Å². The maximum Gasteiger partial charge on any atom is 0.391 e. The first-order valence-electron chi connectivity index (χ1n) is 6.14. The van der Waals surface area contributed by atoms with Crippen molar-refractivity contribution < 1.29 is 17.9 Å². The predicted molar refractivity (Wildman–Crippen MR) is 65.5 cm³/mol. The molecule has 0 radical (unpaired) electrons. The van der Waals surface area contributed by atoms with E-state index in [0.29, 0.717) is 5.56 Å². The van der Waals surface area contributed by atoms with Crippen molar-refractivity contribution in [2.24, 2.45) is 0 Å². The molecule has 1 atom stereocenters. The Bertz CT molecular complexity index is 360. The zero-order valence-electron chi connectivity index (χ0n) is 10.8. The summed E-state index contributed by atoms with van der Waals surface area (Å²) in [7, 11) is 1.31. The normalized spacial score (nSPS) is 13.6. The van der Waals surface area contributed by atoms with Crippen LogP contribution in [0.2, 0.25) is 0 Å². The Hall–Kier alpha value is -1.03. The van der Waals surface area contributed by atoms with Crippen molar-refractivity contribution in [3.8, 4) is 0 Å². The third kappa shape index (κ3) is 5.08. The summed E-state index contributed by atoms with van der Waals surface area (Å²) in [6.45, 7) is 2.09. The van der Waals surface area contributed by atoms with E-state index in [2.05, 4.69) is 6.92 Å². The van der Waals surface area contributed by atoms with Crippen molar-refractivity contribution in [1.82, 2.24) is 0 Å². The van der Waals surface area contributed by atoms with E-state index in [0.717, 1.165) is 24.8 Å². The van der Waals surface area contributed by atoms with Crippen molar-refractivity contribution in [2.75, 3.05) is 7.11 Å². The van der Waals surface area contributed by atoms with E-state index < -0.39 is 18.7 Å². The maximum absolute atomic E-state index is 12.4. The Kier molecular flexibility index (Phi) is 5.66. The van der Waals surface area contributed by atoms with Gasteiger partial charge in [0.1, 0.15) is 0 Å². The molecule has 1 aromatic rings. The van der Waals surface area contributed by atoms with Crippen molar-refractivity contribution >= 4 is 0 Å². The average molecular weight is 260 g/mol. The number of halogens is 3. The number of hydrogen-bond donors (Lipinski definition) is 0. The molecule has 18 heavy (non-hydrogen) atoms. The van der Waals surface area contributed by atoms with Crippen LogP contribution in [0.25, 0.3) is 0 Å². The fraction of sp³-hybridized carbons (Fsp3) is 0.571. The molecule has 0 aromatic heterocycles. The van der Waals surface area contributed by atoms with E-state index in [-0.39, 0.29) is 0 Å². The second kappa shape index (κ2) is 6.78. The Morgan fingerprint density at radius 1 is 1.28 bits per heavy atom. The maximum atomic E-state index is 12.4. The number of methoxy groups -OCH3 is 1. The van der Waals surface area contributed by atoms with E-state index in [1.165, 1.54) is 7.11 Å². The average Bonchev–Trinajstić information content (AvgIpc) is 2.32. The van der Waals surface area contributed by atoms with Crippen molar-refractivity contribution in [3.05, 3.63) is 35.4 Å². The molecule has 0 saturated heterocycles. The Balaban J connectivity index is 2.79. The van der Waals surface area contributed by atoms with Crippen LogP contribution < -0.4 is 0 Å². The van der Waals surface area contributed by atoms with Gasteiger partial charge in [0.2, 0.25) is 0 Å². The molecule has 0 saturated carbocycles. The summed E-state index contributed by atoms with van der Waals surface area (Å²) in [6, 6.07) is 7.24. The summed E-state index contributed by atoms with van der Waals surface area (Å²) in [5, 5.41) is 0. The van der Waals surface area contributed by atoms with Gasteiger partial charge in [0, 0.05) is 7.11 Å². The fourth-order valence-electron chi connectivity index (χ4n) is 1.88. The topological polar surface area (TPSA) is 9.23 Å². The van der Waals surface area contributed by atoms with Gasteiger partial charge in [0.25, 0.3) is 0 Å². The first-order chi connectivity index (χ1) is 8.46. The van der Waals surface area contributed by atoms with E-state index >= 15 is 0 Å². The summed E-state index contributed by atoms with van der Waals surface area (Å²) in [5.74, 6) is 0. The summed E-state index contributed by atoms with van der Waals surface area (Å²) < 4.78 is 42.2.